The monoisotopic (exact) mass is 196 g/mol. The van der Waals surface area contributed by atoms with E-state index in [1.54, 1.807) is 6.08 Å². The molecule has 1 aromatic heterocycles. The molecule has 0 aromatic carbocycles. The quantitative estimate of drug-likeness (QED) is 0.678. The van der Waals surface area contributed by atoms with Gasteiger partial charge in [0.2, 0.25) is 0 Å². The average Bonchev–Trinajstić information content (AvgIpc) is 2.56. The number of rotatable bonds is 2. The van der Waals surface area contributed by atoms with Gasteiger partial charge in [-0.3, -0.25) is 4.79 Å². The Hall–Kier alpha value is -1.29. The van der Waals surface area contributed by atoms with Crippen molar-refractivity contribution in [3.8, 4) is 11.5 Å². The number of aldehydes is 1. The second-order valence-corrected chi connectivity index (χ2v) is 3.59. The Balaban J connectivity index is 2.56. The molecule has 13 heavy (non-hydrogen) atoms. The van der Waals surface area contributed by atoms with Gasteiger partial charge in [-0.15, -0.1) is 11.3 Å². The second-order valence-electron chi connectivity index (χ2n) is 2.51. The lowest BCUT2D eigenvalue weighted by molar-refractivity contribution is 0.111. The summed E-state index contributed by atoms with van der Waals surface area (Å²) in [5, 5.41) is 0. The number of fused-ring (bicyclic) bond motifs is 1. The van der Waals surface area contributed by atoms with Gasteiger partial charge in [0, 0.05) is 0 Å². The van der Waals surface area contributed by atoms with Gasteiger partial charge in [-0.1, -0.05) is 6.58 Å². The maximum Gasteiger partial charge on any atom is 0.183 e. The van der Waals surface area contributed by atoms with E-state index in [1.807, 2.05) is 0 Å². The van der Waals surface area contributed by atoms with Gasteiger partial charge in [-0.2, -0.15) is 0 Å². The minimum absolute atomic E-state index is 0.501. The largest absolute Gasteiger partial charge is 0.485 e. The van der Waals surface area contributed by atoms with Crippen molar-refractivity contribution < 1.29 is 14.3 Å². The summed E-state index contributed by atoms with van der Waals surface area (Å²) in [6.45, 7) is 4.68. The zero-order valence-corrected chi connectivity index (χ0v) is 7.73. The van der Waals surface area contributed by atoms with Crippen LogP contribution in [-0.4, -0.2) is 19.5 Å². The maximum atomic E-state index is 10.6. The lowest BCUT2D eigenvalue weighted by Crippen LogP contribution is -2.15. The summed E-state index contributed by atoms with van der Waals surface area (Å²) >= 11 is 1.34. The molecule has 0 saturated heterocycles. The first-order chi connectivity index (χ1) is 6.36. The topological polar surface area (TPSA) is 35.5 Å². The van der Waals surface area contributed by atoms with Crippen molar-refractivity contribution in [2.24, 2.45) is 0 Å². The van der Waals surface area contributed by atoms with E-state index < -0.39 is 0 Å². The first-order valence-electron chi connectivity index (χ1n) is 3.87. The van der Waals surface area contributed by atoms with Gasteiger partial charge in [-0.05, 0) is 6.08 Å². The average molecular weight is 196 g/mol. The summed E-state index contributed by atoms with van der Waals surface area (Å²) in [5.74, 6) is 1.23. The number of hydrogen-bond acceptors (Lipinski definition) is 4. The van der Waals surface area contributed by atoms with Crippen LogP contribution in [0.4, 0.5) is 0 Å². The van der Waals surface area contributed by atoms with Crippen molar-refractivity contribution in [1.29, 1.82) is 0 Å². The summed E-state index contributed by atoms with van der Waals surface area (Å²) in [4.78, 5) is 12.1. The summed E-state index contributed by atoms with van der Waals surface area (Å²) < 4.78 is 10.7. The van der Waals surface area contributed by atoms with E-state index in [-0.39, 0.29) is 0 Å². The highest BCUT2D eigenvalue weighted by Crippen LogP contribution is 2.43. The number of carbonyl (C=O) groups excluding carboxylic acids is 1. The molecule has 0 fully saturated rings. The van der Waals surface area contributed by atoms with Crippen LogP contribution >= 0.6 is 11.3 Å². The highest BCUT2D eigenvalue weighted by Gasteiger charge is 2.22. The van der Waals surface area contributed by atoms with Gasteiger partial charge in [0.1, 0.15) is 18.1 Å². The molecule has 0 amide bonds. The summed E-state index contributed by atoms with van der Waals surface area (Å²) in [6, 6.07) is 0. The zero-order chi connectivity index (χ0) is 9.26. The van der Waals surface area contributed by atoms with Gasteiger partial charge >= 0.3 is 0 Å². The number of carbonyl (C=O) groups is 1. The fourth-order valence-corrected chi connectivity index (χ4v) is 2.06. The summed E-state index contributed by atoms with van der Waals surface area (Å²) in [7, 11) is 0. The Kier molecular flexibility index (Phi) is 2.06. The minimum Gasteiger partial charge on any atom is -0.485 e. The molecule has 0 radical (unpaired) electrons. The third-order valence-corrected chi connectivity index (χ3v) is 2.82. The summed E-state index contributed by atoms with van der Waals surface area (Å²) in [6.07, 6.45) is 2.45. The Bertz CT molecular complexity index is 321. The van der Waals surface area contributed by atoms with E-state index in [2.05, 4.69) is 6.58 Å². The predicted octanol–water partition coefficient (Wildman–Crippen LogP) is 1.97. The molecule has 1 aliphatic heterocycles. The molecule has 2 heterocycles. The molecule has 68 valence electrons. The summed E-state index contributed by atoms with van der Waals surface area (Å²) in [5.41, 5.74) is 0. The first kappa shape index (κ1) is 8.31. The van der Waals surface area contributed by atoms with Crippen molar-refractivity contribution in [3.63, 3.8) is 0 Å². The van der Waals surface area contributed by atoms with Crippen molar-refractivity contribution in [3.05, 3.63) is 16.3 Å². The minimum atomic E-state index is 0.501. The van der Waals surface area contributed by atoms with Crippen LogP contribution in [0.1, 0.15) is 14.5 Å². The van der Waals surface area contributed by atoms with Crippen LogP contribution in [0.3, 0.4) is 0 Å². The van der Waals surface area contributed by atoms with Crippen LogP contribution in [0.25, 0.3) is 6.08 Å². The van der Waals surface area contributed by atoms with Crippen LogP contribution in [0.15, 0.2) is 6.58 Å². The first-order valence-corrected chi connectivity index (χ1v) is 4.68. The van der Waals surface area contributed by atoms with E-state index in [9.17, 15) is 4.79 Å². The number of thiophene rings is 1. The lowest BCUT2D eigenvalue weighted by Gasteiger charge is -2.15. The van der Waals surface area contributed by atoms with Gasteiger partial charge < -0.3 is 9.47 Å². The van der Waals surface area contributed by atoms with Crippen molar-refractivity contribution >= 4 is 23.7 Å². The van der Waals surface area contributed by atoms with E-state index in [4.69, 9.17) is 9.47 Å². The van der Waals surface area contributed by atoms with E-state index in [0.717, 1.165) is 11.2 Å². The van der Waals surface area contributed by atoms with Gasteiger partial charge in [0.05, 0.1) is 4.88 Å². The zero-order valence-electron chi connectivity index (χ0n) is 6.91. The fraction of sp³-hybridized carbons (Fsp3) is 0.222. The van der Waals surface area contributed by atoms with E-state index in [1.165, 1.54) is 11.3 Å². The molecular formula is C9H8O3S. The predicted molar refractivity (Wildman–Crippen MR) is 50.8 cm³/mol. The molecule has 0 unspecified atom stereocenters. The van der Waals surface area contributed by atoms with Gasteiger partial charge in [-0.25, -0.2) is 0 Å². The fourth-order valence-electron chi connectivity index (χ4n) is 1.21. The Morgan fingerprint density at radius 1 is 1.23 bits per heavy atom. The van der Waals surface area contributed by atoms with Crippen LogP contribution in [-0.2, 0) is 0 Å². The third kappa shape index (κ3) is 1.23. The lowest BCUT2D eigenvalue weighted by atomic mass is 10.3. The molecule has 1 aromatic rings. The molecule has 0 atom stereocenters. The molecule has 0 spiro atoms. The molecular weight excluding hydrogens is 188 g/mol. The SMILES string of the molecule is C=Cc1sc(C=O)c2c1OCCO2. The van der Waals surface area contributed by atoms with Gasteiger partial charge in [0.25, 0.3) is 0 Å². The third-order valence-electron chi connectivity index (χ3n) is 1.74. The van der Waals surface area contributed by atoms with Crippen LogP contribution < -0.4 is 9.47 Å². The maximum absolute atomic E-state index is 10.6. The Labute approximate surface area is 79.6 Å². The molecule has 0 bridgehead atoms. The van der Waals surface area contributed by atoms with Crippen LogP contribution in [0.5, 0.6) is 11.5 Å². The molecule has 2 rings (SSSR count). The normalized spacial score (nSPS) is 13.8. The van der Waals surface area contributed by atoms with E-state index in [0.29, 0.717) is 29.6 Å². The molecule has 0 aliphatic carbocycles. The van der Waals surface area contributed by atoms with E-state index >= 15 is 0 Å². The molecule has 0 N–H and O–H groups in total. The second kappa shape index (κ2) is 3.22. The smallest absolute Gasteiger partial charge is 0.183 e. The highest BCUT2D eigenvalue weighted by atomic mass is 32.1. The molecule has 3 nitrogen and oxygen atoms in total. The van der Waals surface area contributed by atoms with Crippen molar-refractivity contribution in [2.45, 2.75) is 0 Å². The standard InChI is InChI=1S/C9H8O3S/c1-2-6-8-9(7(5-10)13-6)12-4-3-11-8/h2,5H,1,3-4H2. The Morgan fingerprint density at radius 2 is 1.85 bits per heavy atom. The van der Waals surface area contributed by atoms with Crippen LogP contribution in [0, 0.1) is 0 Å². The number of hydrogen-bond donors (Lipinski definition) is 0. The van der Waals surface area contributed by atoms with Crippen LogP contribution in [0.2, 0.25) is 0 Å². The molecule has 0 saturated carbocycles. The number of ether oxygens (including phenoxy) is 2. The highest BCUT2D eigenvalue weighted by molar-refractivity contribution is 7.15. The van der Waals surface area contributed by atoms with Crippen molar-refractivity contribution in [1.82, 2.24) is 0 Å². The Morgan fingerprint density at radius 3 is 2.38 bits per heavy atom. The van der Waals surface area contributed by atoms with Gasteiger partial charge in [0.15, 0.2) is 17.8 Å². The molecule has 1 aliphatic rings. The van der Waals surface area contributed by atoms with Crippen molar-refractivity contribution in [2.75, 3.05) is 13.2 Å². The molecule has 4 heteroatoms.